The molecule has 3 aliphatic heterocycles. The average molecular weight is 590 g/mol. The summed E-state index contributed by atoms with van der Waals surface area (Å²) < 4.78 is 28.9. The Kier molecular flexibility index (Phi) is 6.01. The summed E-state index contributed by atoms with van der Waals surface area (Å²) in [4.78, 5) is 21.1. The Morgan fingerprint density at radius 2 is 2.26 bits per heavy atom. The SMILES string of the molecule is COc1c(F)cccc1Nc1c2[nH]c3c1C(=O)NCC3[I-]N1CCCC(COc3cnccc3-2)C1. The van der Waals surface area contributed by atoms with Crippen LogP contribution in [-0.4, -0.2) is 52.3 Å². The van der Waals surface area contributed by atoms with E-state index in [2.05, 4.69) is 23.7 Å². The average Bonchev–Trinajstić information content (AvgIpc) is 3.25. The number of aromatic amines is 1. The number of benzene rings is 1. The van der Waals surface area contributed by atoms with Crippen LogP contribution in [0, 0.1) is 11.7 Å². The number of H-pyrrole nitrogens is 1. The first kappa shape index (κ1) is 22.6. The topological polar surface area (TPSA) is 91.5 Å². The molecule has 1 fully saturated rings. The third kappa shape index (κ3) is 4.12. The molecule has 2 aromatic heterocycles. The van der Waals surface area contributed by atoms with Gasteiger partial charge in [-0.3, -0.25) is 0 Å². The van der Waals surface area contributed by atoms with Crippen LogP contribution in [0.4, 0.5) is 15.8 Å². The van der Waals surface area contributed by atoms with E-state index < -0.39 is 5.82 Å². The molecule has 8 nitrogen and oxygen atoms in total. The Bertz CT molecular complexity index is 1280. The number of piperidine rings is 1. The molecule has 0 saturated carbocycles. The van der Waals surface area contributed by atoms with Crippen LogP contribution < -0.4 is 41.6 Å². The Balaban J connectivity index is 1.55. The van der Waals surface area contributed by atoms with Crippen molar-refractivity contribution in [1.82, 2.24) is 18.4 Å². The predicted molar refractivity (Wildman–Crippen MR) is 125 cm³/mol. The number of halogens is 2. The molecule has 1 amide bonds. The van der Waals surface area contributed by atoms with E-state index in [9.17, 15) is 9.18 Å². The van der Waals surface area contributed by atoms with E-state index in [0.717, 1.165) is 42.9 Å². The molecule has 0 aliphatic carbocycles. The molecule has 3 unspecified atom stereocenters. The van der Waals surface area contributed by atoms with Gasteiger partial charge in [0.25, 0.3) is 0 Å². The van der Waals surface area contributed by atoms with Crippen molar-refractivity contribution < 1.29 is 40.1 Å². The molecule has 3 aromatic rings. The summed E-state index contributed by atoms with van der Waals surface area (Å²) in [7, 11) is 1.43. The van der Waals surface area contributed by atoms with Crippen molar-refractivity contribution in [2.24, 2.45) is 5.92 Å². The van der Waals surface area contributed by atoms with Gasteiger partial charge < -0.3 is 0 Å². The van der Waals surface area contributed by atoms with Crippen molar-refractivity contribution in [3.05, 3.63) is 53.7 Å². The van der Waals surface area contributed by atoms with Crippen LogP contribution in [0.5, 0.6) is 11.5 Å². The minimum atomic E-state index is -0.476. The van der Waals surface area contributed by atoms with Gasteiger partial charge in [-0.2, -0.15) is 0 Å². The molecule has 3 atom stereocenters. The first-order valence-electron chi connectivity index (χ1n) is 11.7. The van der Waals surface area contributed by atoms with Gasteiger partial charge in [0.1, 0.15) is 0 Å². The van der Waals surface area contributed by atoms with Crippen molar-refractivity contribution >= 4 is 17.3 Å². The molecule has 1 saturated heterocycles. The van der Waals surface area contributed by atoms with Gasteiger partial charge in [-0.25, -0.2) is 0 Å². The summed E-state index contributed by atoms with van der Waals surface area (Å²) in [5, 5.41) is 6.43. The third-order valence-electron chi connectivity index (χ3n) is 6.70. The van der Waals surface area contributed by atoms with Crippen LogP contribution in [-0.2, 0) is 0 Å². The number of hydrogen-bond acceptors (Lipinski definition) is 6. The Hall–Kier alpha value is -2.86. The Morgan fingerprint density at radius 3 is 3.14 bits per heavy atom. The van der Waals surface area contributed by atoms with Crippen LogP contribution in [0.25, 0.3) is 11.3 Å². The number of ether oxygens (including phenoxy) is 2. The Morgan fingerprint density at radius 1 is 1.34 bits per heavy atom. The van der Waals surface area contributed by atoms with Crippen LogP contribution >= 0.6 is 0 Å². The summed E-state index contributed by atoms with van der Waals surface area (Å²) in [5.41, 5.74) is 4.07. The van der Waals surface area contributed by atoms with Gasteiger partial charge in [0.05, 0.1) is 0 Å². The number of alkyl halides is 1. The van der Waals surface area contributed by atoms with Crippen LogP contribution in [0.1, 0.15) is 32.8 Å². The molecule has 6 rings (SSSR count). The molecule has 35 heavy (non-hydrogen) atoms. The normalized spacial score (nSPS) is 23.4. The number of amides is 1. The van der Waals surface area contributed by atoms with Gasteiger partial charge in [0.2, 0.25) is 0 Å². The van der Waals surface area contributed by atoms with Crippen molar-refractivity contribution in [3.8, 4) is 22.8 Å². The number of nitrogens with one attached hydrogen (secondary N) is 3. The summed E-state index contributed by atoms with van der Waals surface area (Å²) in [5.74, 6) is 0.595. The molecule has 5 heterocycles. The van der Waals surface area contributed by atoms with Crippen molar-refractivity contribution in [1.29, 1.82) is 0 Å². The van der Waals surface area contributed by atoms with Crippen LogP contribution in [0.15, 0.2) is 36.7 Å². The number of rotatable bonds is 3. The zero-order valence-electron chi connectivity index (χ0n) is 19.2. The first-order chi connectivity index (χ1) is 17.1. The van der Waals surface area contributed by atoms with E-state index in [1.54, 1.807) is 24.5 Å². The predicted octanol–water partition coefficient (Wildman–Crippen LogP) is 0.861. The van der Waals surface area contributed by atoms with Gasteiger partial charge >= 0.3 is 214 Å². The zero-order chi connectivity index (χ0) is 23.9. The number of aromatic nitrogens is 2. The molecular formula is C25H26FIN5O3-. The maximum absolute atomic E-state index is 14.5. The summed E-state index contributed by atoms with van der Waals surface area (Å²) >= 11 is -0.376. The quantitative estimate of drug-likeness (QED) is 0.238. The van der Waals surface area contributed by atoms with E-state index in [-0.39, 0.29) is 37.1 Å². The van der Waals surface area contributed by atoms with Crippen molar-refractivity contribution in [2.45, 2.75) is 16.8 Å². The molecule has 0 spiro atoms. The molecule has 0 radical (unpaired) electrons. The number of pyridine rings is 1. The van der Waals surface area contributed by atoms with E-state index in [1.165, 1.54) is 13.2 Å². The third-order valence-corrected chi connectivity index (χ3v) is 10.1. The summed E-state index contributed by atoms with van der Waals surface area (Å²) in [6.45, 7) is 3.34. The standard InChI is InChI=1S/C25H26FIN5O3/c1-34-24-16(26)5-2-6-18(24)30-23-20-22-17(10-29-25(20)33)27-32-9-3-4-14(12-32)13-35-19-11-28-8-7-15(19)21(23)31-22/h2,5-8,11,14,17,30-31H,3-4,9-10,12-13H2,1H3,(H,29,33)/q-1. The van der Waals surface area contributed by atoms with E-state index in [1.807, 2.05) is 6.07 Å². The second kappa shape index (κ2) is 9.30. The number of hydrogen-bond donors (Lipinski definition) is 3. The van der Waals surface area contributed by atoms with Gasteiger partial charge in [-0.1, -0.05) is 0 Å². The number of nitrogens with zero attached hydrogens (tertiary/aromatic N) is 2. The number of anilines is 2. The fourth-order valence-corrected chi connectivity index (χ4v) is 8.56. The molecule has 4 bridgehead atoms. The zero-order valence-corrected chi connectivity index (χ0v) is 21.4. The van der Waals surface area contributed by atoms with Crippen molar-refractivity contribution in [2.75, 3.05) is 38.7 Å². The molecule has 1 aromatic carbocycles. The molecule has 3 aliphatic rings. The number of fused-ring (bicyclic) bond motifs is 5. The summed E-state index contributed by atoms with van der Waals surface area (Å²) in [6.07, 6.45) is 5.74. The van der Waals surface area contributed by atoms with E-state index >= 15 is 0 Å². The van der Waals surface area contributed by atoms with Crippen LogP contribution in [0.3, 0.4) is 0 Å². The maximum atomic E-state index is 14.5. The van der Waals surface area contributed by atoms with Crippen LogP contribution in [0.2, 0.25) is 0 Å². The molecule has 3 N–H and O–H groups in total. The fraction of sp³-hybridized carbons (Fsp3) is 0.360. The minimum absolute atomic E-state index is 0.0950. The molecule has 10 heteroatoms. The number of carbonyl (C=O) groups is 1. The summed E-state index contributed by atoms with van der Waals surface area (Å²) in [6, 6.07) is 6.59. The monoisotopic (exact) mass is 590 g/mol. The van der Waals surface area contributed by atoms with Gasteiger partial charge in [-0.05, 0) is 0 Å². The first-order valence-corrected chi connectivity index (χ1v) is 13.9. The second-order valence-corrected chi connectivity index (χ2v) is 12.4. The second-order valence-electron chi connectivity index (χ2n) is 8.94. The van der Waals surface area contributed by atoms with Gasteiger partial charge in [-0.15, -0.1) is 0 Å². The van der Waals surface area contributed by atoms with Gasteiger partial charge in [0, 0.05) is 0 Å². The Labute approximate surface area is 213 Å². The van der Waals surface area contributed by atoms with Crippen molar-refractivity contribution in [3.63, 3.8) is 0 Å². The number of carbonyl (C=O) groups excluding carboxylic acids is 1. The fourth-order valence-electron chi connectivity index (χ4n) is 5.04. The number of para-hydroxylation sites is 1. The van der Waals surface area contributed by atoms with E-state index in [0.29, 0.717) is 41.8 Å². The molecule has 184 valence electrons. The number of methoxy groups -OCH3 is 1. The van der Waals surface area contributed by atoms with Gasteiger partial charge in [0.15, 0.2) is 0 Å². The molecular weight excluding hydrogens is 564 g/mol. The van der Waals surface area contributed by atoms with E-state index in [4.69, 9.17) is 9.47 Å².